The van der Waals surface area contributed by atoms with Crippen LogP contribution in [0.4, 0.5) is 9.18 Å². The third kappa shape index (κ3) is 6.05. The molecule has 3 N–H and O–H groups in total. The van der Waals surface area contributed by atoms with Gasteiger partial charge in [0, 0.05) is 32.6 Å². The van der Waals surface area contributed by atoms with E-state index in [1.807, 2.05) is 30.3 Å². The van der Waals surface area contributed by atoms with Crippen LogP contribution in [0.25, 0.3) is 0 Å². The number of nitrogens with zero attached hydrogens (tertiary/aromatic N) is 3. The SMILES string of the molecule is CN1N=C2CCN(C(=O)C(COc3cccc(F)c3)NC(=O)C(C)(C)OC(N)=O)C[C@@]2(Cc2ccccc2)C1=O. The number of ether oxygens (including phenoxy) is 2. The average Bonchev–Trinajstić information content (AvgIpc) is 3.14. The van der Waals surface area contributed by atoms with Crippen LogP contribution in [0.5, 0.6) is 5.75 Å². The Morgan fingerprint density at radius 3 is 2.58 bits per heavy atom. The summed E-state index contributed by atoms with van der Waals surface area (Å²) >= 11 is 0. The van der Waals surface area contributed by atoms with Gasteiger partial charge in [-0.25, -0.2) is 14.2 Å². The number of benzene rings is 2. The molecule has 212 valence electrons. The highest BCUT2D eigenvalue weighted by Gasteiger charge is 2.54. The number of primary amides is 1. The van der Waals surface area contributed by atoms with Crippen molar-refractivity contribution in [3.8, 4) is 5.75 Å². The summed E-state index contributed by atoms with van der Waals surface area (Å²) in [4.78, 5) is 53.2. The van der Waals surface area contributed by atoms with Gasteiger partial charge in [0.2, 0.25) is 5.91 Å². The predicted molar refractivity (Wildman–Crippen MR) is 143 cm³/mol. The second-order valence-corrected chi connectivity index (χ2v) is 10.4. The Hall–Kier alpha value is -4.48. The fourth-order valence-electron chi connectivity index (χ4n) is 4.98. The van der Waals surface area contributed by atoms with Gasteiger partial charge in [-0.2, -0.15) is 5.10 Å². The number of likely N-dealkylation sites (tertiary alicyclic amines) is 1. The Morgan fingerprint density at radius 2 is 1.90 bits per heavy atom. The molecule has 12 heteroatoms. The fraction of sp³-hybridized carbons (Fsp3) is 0.393. The van der Waals surface area contributed by atoms with Crippen LogP contribution >= 0.6 is 0 Å². The lowest BCUT2D eigenvalue weighted by Crippen LogP contribution is -2.61. The van der Waals surface area contributed by atoms with Gasteiger partial charge in [0.25, 0.3) is 11.8 Å². The number of hydrogen-bond acceptors (Lipinski definition) is 7. The Balaban J connectivity index is 1.60. The van der Waals surface area contributed by atoms with Gasteiger partial charge in [0.15, 0.2) is 5.60 Å². The number of amides is 4. The molecule has 1 unspecified atom stereocenters. The normalized spacial score (nSPS) is 19.4. The van der Waals surface area contributed by atoms with Crippen LogP contribution in [0.15, 0.2) is 59.7 Å². The third-order valence-electron chi connectivity index (χ3n) is 6.98. The van der Waals surface area contributed by atoms with Crippen molar-refractivity contribution in [3.63, 3.8) is 0 Å². The maximum Gasteiger partial charge on any atom is 0.405 e. The Labute approximate surface area is 231 Å². The summed E-state index contributed by atoms with van der Waals surface area (Å²) in [5.74, 6) is -1.91. The molecule has 4 amide bonds. The van der Waals surface area contributed by atoms with Gasteiger partial charge >= 0.3 is 6.09 Å². The minimum atomic E-state index is -1.69. The molecule has 1 fully saturated rings. The summed E-state index contributed by atoms with van der Waals surface area (Å²) in [7, 11) is 1.59. The number of nitrogens with one attached hydrogen (secondary N) is 1. The van der Waals surface area contributed by atoms with E-state index >= 15 is 0 Å². The van der Waals surface area contributed by atoms with E-state index < -0.39 is 40.8 Å². The molecule has 2 atom stereocenters. The van der Waals surface area contributed by atoms with E-state index in [9.17, 15) is 23.6 Å². The number of halogens is 1. The van der Waals surface area contributed by atoms with Gasteiger partial charge < -0.3 is 25.4 Å². The van der Waals surface area contributed by atoms with Crippen molar-refractivity contribution in [2.24, 2.45) is 16.3 Å². The minimum absolute atomic E-state index is 0.0379. The maximum absolute atomic E-state index is 13.9. The van der Waals surface area contributed by atoms with Crippen LogP contribution in [0.3, 0.4) is 0 Å². The van der Waals surface area contributed by atoms with E-state index in [0.29, 0.717) is 18.6 Å². The van der Waals surface area contributed by atoms with Gasteiger partial charge in [-0.1, -0.05) is 36.4 Å². The first-order valence-corrected chi connectivity index (χ1v) is 12.8. The molecule has 11 nitrogen and oxygen atoms in total. The number of hydrogen-bond donors (Lipinski definition) is 2. The summed E-state index contributed by atoms with van der Waals surface area (Å²) in [6, 6.07) is 13.6. The van der Waals surface area contributed by atoms with Crippen molar-refractivity contribution in [1.29, 1.82) is 0 Å². The number of nitrogens with two attached hydrogens (primary N) is 1. The topological polar surface area (TPSA) is 144 Å². The summed E-state index contributed by atoms with van der Waals surface area (Å²) in [6.45, 7) is 2.60. The molecule has 0 aromatic heterocycles. The van der Waals surface area contributed by atoms with E-state index in [4.69, 9.17) is 15.2 Å². The molecule has 0 bridgehead atoms. The standard InChI is InChI=1S/C28H32FN5O6/c1-27(2,40-26(30)38)24(36)31-21(16-39-20-11-7-10-19(29)14-20)23(35)34-13-12-22-28(17-34,25(37)33(3)32-22)15-18-8-5-4-6-9-18/h4-11,14,21H,12-13,15-17H2,1-3H3,(H2,30,38)(H,31,36)/t21?,28-/m1/s1. The summed E-state index contributed by atoms with van der Waals surface area (Å²) in [6.07, 6.45) is -0.458. The smallest absolute Gasteiger partial charge is 0.405 e. The largest absolute Gasteiger partial charge is 0.491 e. The lowest BCUT2D eigenvalue weighted by molar-refractivity contribution is -0.145. The van der Waals surface area contributed by atoms with Crippen LogP contribution in [-0.2, 0) is 25.5 Å². The summed E-state index contributed by atoms with van der Waals surface area (Å²) in [5, 5.41) is 8.35. The van der Waals surface area contributed by atoms with Gasteiger partial charge in [-0.3, -0.25) is 14.4 Å². The highest BCUT2D eigenvalue weighted by Crippen LogP contribution is 2.38. The van der Waals surface area contributed by atoms with E-state index in [-0.39, 0.29) is 31.4 Å². The molecule has 2 aliphatic rings. The van der Waals surface area contributed by atoms with Crippen LogP contribution < -0.4 is 15.8 Å². The second-order valence-electron chi connectivity index (χ2n) is 10.4. The number of fused-ring (bicyclic) bond motifs is 1. The number of rotatable bonds is 9. The summed E-state index contributed by atoms with van der Waals surface area (Å²) < 4.78 is 24.3. The van der Waals surface area contributed by atoms with Gasteiger partial charge in [-0.15, -0.1) is 0 Å². The number of carbonyl (C=O) groups excluding carboxylic acids is 4. The molecule has 1 saturated heterocycles. The molecule has 2 aromatic carbocycles. The van der Waals surface area contributed by atoms with Crippen molar-refractivity contribution in [2.75, 3.05) is 26.7 Å². The van der Waals surface area contributed by atoms with Gasteiger partial charge in [0.05, 0.1) is 5.71 Å². The molecule has 0 aliphatic carbocycles. The minimum Gasteiger partial charge on any atom is -0.491 e. The van der Waals surface area contributed by atoms with Crippen molar-refractivity contribution < 1.29 is 33.0 Å². The van der Waals surface area contributed by atoms with Crippen molar-refractivity contribution >= 4 is 29.5 Å². The van der Waals surface area contributed by atoms with Crippen LogP contribution in [0, 0.1) is 11.2 Å². The Kier molecular flexibility index (Phi) is 8.08. The first-order valence-electron chi connectivity index (χ1n) is 12.8. The van der Waals surface area contributed by atoms with Crippen molar-refractivity contribution in [1.82, 2.24) is 15.2 Å². The molecule has 40 heavy (non-hydrogen) atoms. The first kappa shape index (κ1) is 28.5. The van der Waals surface area contributed by atoms with Gasteiger partial charge in [0.1, 0.15) is 29.6 Å². The number of carbonyl (C=O) groups is 4. The maximum atomic E-state index is 13.9. The van der Waals surface area contributed by atoms with E-state index in [2.05, 4.69) is 10.4 Å². The quantitative estimate of drug-likeness (QED) is 0.485. The Morgan fingerprint density at radius 1 is 1.18 bits per heavy atom. The zero-order chi connectivity index (χ0) is 29.1. The van der Waals surface area contributed by atoms with Crippen LogP contribution in [0.1, 0.15) is 25.8 Å². The van der Waals surface area contributed by atoms with Crippen molar-refractivity contribution in [3.05, 3.63) is 66.0 Å². The average molecular weight is 554 g/mol. The fourth-order valence-corrected chi connectivity index (χ4v) is 4.98. The lowest BCUT2D eigenvalue weighted by atomic mass is 9.73. The van der Waals surface area contributed by atoms with Crippen LogP contribution in [-0.4, -0.2) is 77.8 Å². The lowest BCUT2D eigenvalue weighted by Gasteiger charge is -2.40. The zero-order valence-electron chi connectivity index (χ0n) is 22.6. The molecular weight excluding hydrogens is 521 g/mol. The second kappa shape index (κ2) is 11.3. The molecule has 4 rings (SSSR count). The number of piperidine rings is 1. The third-order valence-corrected chi connectivity index (χ3v) is 6.98. The molecule has 2 aromatic rings. The first-order chi connectivity index (χ1) is 18.9. The monoisotopic (exact) mass is 553 g/mol. The molecular formula is C28H32FN5O6. The highest BCUT2D eigenvalue weighted by molar-refractivity contribution is 6.13. The molecule has 2 heterocycles. The summed E-state index contributed by atoms with van der Waals surface area (Å²) in [5.41, 5.74) is 3.96. The van der Waals surface area contributed by atoms with E-state index in [1.54, 1.807) is 7.05 Å². The van der Waals surface area contributed by atoms with Crippen LogP contribution in [0.2, 0.25) is 0 Å². The molecule has 0 spiro atoms. The van der Waals surface area contributed by atoms with E-state index in [1.165, 1.54) is 42.0 Å². The molecule has 0 saturated carbocycles. The molecule has 2 aliphatic heterocycles. The zero-order valence-corrected chi connectivity index (χ0v) is 22.6. The molecule has 0 radical (unpaired) electrons. The van der Waals surface area contributed by atoms with Crippen molar-refractivity contribution in [2.45, 2.75) is 38.3 Å². The Bertz CT molecular complexity index is 1330. The van der Waals surface area contributed by atoms with Gasteiger partial charge in [-0.05, 0) is 38.0 Å². The van der Waals surface area contributed by atoms with E-state index in [0.717, 1.165) is 11.6 Å². The highest BCUT2D eigenvalue weighted by atomic mass is 19.1. The number of hydrazone groups is 1. The predicted octanol–water partition coefficient (Wildman–Crippen LogP) is 1.85.